The predicted molar refractivity (Wildman–Crippen MR) is 103 cm³/mol. The topological polar surface area (TPSA) is 74.3 Å². The molecule has 0 aliphatic heterocycles. The van der Waals surface area contributed by atoms with Gasteiger partial charge in [-0.1, -0.05) is 43.1 Å². The highest BCUT2D eigenvalue weighted by Gasteiger charge is 2.26. The lowest BCUT2D eigenvalue weighted by atomic mass is 9.98. The number of esters is 1. The molecule has 1 aromatic carbocycles. The largest absolute Gasteiger partial charge is 0.469 e. The van der Waals surface area contributed by atoms with Gasteiger partial charge in [-0.2, -0.15) is 0 Å². The van der Waals surface area contributed by atoms with E-state index in [4.69, 9.17) is 22.1 Å². The van der Waals surface area contributed by atoms with Gasteiger partial charge in [0.25, 0.3) is 5.91 Å². The molecular formula is C20H25ClN2O3. The van der Waals surface area contributed by atoms with Crippen LogP contribution in [-0.2, 0) is 22.5 Å². The normalized spacial score (nSPS) is 10.8. The number of unbranched alkanes of at least 4 members (excludes halogenated alkanes) is 1. The summed E-state index contributed by atoms with van der Waals surface area (Å²) in [6.45, 7) is 4.75. The fourth-order valence-electron chi connectivity index (χ4n) is 3.25. The maximum absolute atomic E-state index is 12.2. The molecule has 140 valence electrons. The number of hydrogen-bond donors (Lipinski definition) is 1. The van der Waals surface area contributed by atoms with Crippen LogP contribution in [0.15, 0.2) is 24.3 Å². The molecule has 0 bridgehead atoms. The molecular weight excluding hydrogens is 352 g/mol. The van der Waals surface area contributed by atoms with Crippen LogP contribution in [0.4, 0.5) is 0 Å². The quantitative estimate of drug-likeness (QED) is 0.704. The molecule has 1 heterocycles. The van der Waals surface area contributed by atoms with Gasteiger partial charge >= 0.3 is 5.97 Å². The van der Waals surface area contributed by atoms with Crippen molar-refractivity contribution in [1.29, 1.82) is 0 Å². The molecule has 0 fully saturated rings. The minimum Gasteiger partial charge on any atom is -0.469 e. The fraction of sp³-hybridized carbons (Fsp3) is 0.400. The van der Waals surface area contributed by atoms with Gasteiger partial charge in [0.05, 0.1) is 19.1 Å². The predicted octanol–water partition coefficient (Wildman–Crippen LogP) is 4.12. The van der Waals surface area contributed by atoms with Gasteiger partial charge in [-0.25, -0.2) is 0 Å². The lowest BCUT2D eigenvalue weighted by Gasteiger charge is -2.13. The lowest BCUT2D eigenvalue weighted by molar-refractivity contribution is -0.140. The number of halogens is 1. The van der Waals surface area contributed by atoms with E-state index >= 15 is 0 Å². The number of amides is 1. The van der Waals surface area contributed by atoms with Gasteiger partial charge in [0.15, 0.2) is 0 Å². The van der Waals surface area contributed by atoms with E-state index in [1.807, 2.05) is 25.1 Å². The number of nitrogens with two attached hydrogens (primary N) is 1. The van der Waals surface area contributed by atoms with E-state index in [1.165, 1.54) is 7.11 Å². The van der Waals surface area contributed by atoms with Gasteiger partial charge in [-0.15, -0.1) is 0 Å². The number of nitrogens with zero attached hydrogens (tertiary/aromatic N) is 1. The first-order valence-electron chi connectivity index (χ1n) is 8.75. The van der Waals surface area contributed by atoms with Crippen molar-refractivity contribution in [3.63, 3.8) is 0 Å². The molecule has 0 aliphatic carbocycles. The number of hydrogen-bond acceptors (Lipinski definition) is 3. The molecule has 1 aromatic heterocycles. The number of carbonyl (C=O) groups is 2. The number of methoxy groups -OCH3 is 1. The van der Waals surface area contributed by atoms with Crippen molar-refractivity contribution >= 4 is 23.5 Å². The van der Waals surface area contributed by atoms with E-state index < -0.39 is 5.91 Å². The molecule has 2 N–H and O–H groups in total. The molecule has 6 heteroatoms. The first-order chi connectivity index (χ1) is 12.4. The highest BCUT2D eigenvalue weighted by molar-refractivity contribution is 6.33. The van der Waals surface area contributed by atoms with Crippen molar-refractivity contribution in [2.75, 3.05) is 7.11 Å². The Morgan fingerprint density at radius 2 is 1.96 bits per heavy atom. The number of aromatic nitrogens is 1. The van der Waals surface area contributed by atoms with Crippen LogP contribution >= 0.6 is 11.6 Å². The van der Waals surface area contributed by atoms with Crippen molar-refractivity contribution in [3.8, 4) is 11.1 Å². The third kappa shape index (κ3) is 4.10. The van der Waals surface area contributed by atoms with Gasteiger partial charge in [0, 0.05) is 34.1 Å². The third-order valence-electron chi connectivity index (χ3n) is 4.55. The Morgan fingerprint density at radius 1 is 1.27 bits per heavy atom. The molecule has 0 radical (unpaired) electrons. The van der Waals surface area contributed by atoms with E-state index in [0.29, 0.717) is 17.0 Å². The average Bonchev–Trinajstić information content (AvgIpc) is 2.89. The minimum atomic E-state index is -0.494. The van der Waals surface area contributed by atoms with Crippen LogP contribution in [-0.4, -0.2) is 23.6 Å². The molecule has 2 rings (SSSR count). The molecule has 0 saturated heterocycles. The molecule has 0 spiro atoms. The maximum atomic E-state index is 12.2. The molecule has 2 aromatic rings. The van der Waals surface area contributed by atoms with Crippen molar-refractivity contribution in [2.24, 2.45) is 5.73 Å². The molecule has 0 saturated carbocycles. The van der Waals surface area contributed by atoms with E-state index in [0.717, 1.165) is 41.9 Å². The molecule has 0 aliphatic rings. The van der Waals surface area contributed by atoms with E-state index in [2.05, 4.69) is 11.5 Å². The van der Waals surface area contributed by atoms with Crippen LogP contribution in [0.5, 0.6) is 0 Å². The van der Waals surface area contributed by atoms with Crippen molar-refractivity contribution in [3.05, 3.63) is 46.2 Å². The standard InChI is InChI=1S/C20H25ClN2O3/c1-4-5-12-23-13(2)18(20(22)25)19(14-8-6-7-9-15(14)21)16(23)10-11-17(24)26-3/h6-9H,4-5,10-12H2,1-3H3,(H2,22,25). The zero-order valence-corrected chi connectivity index (χ0v) is 16.2. The van der Waals surface area contributed by atoms with Crippen LogP contribution in [0.3, 0.4) is 0 Å². The number of carbonyl (C=O) groups excluding carboxylic acids is 2. The monoisotopic (exact) mass is 376 g/mol. The highest BCUT2D eigenvalue weighted by atomic mass is 35.5. The fourth-order valence-corrected chi connectivity index (χ4v) is 3.48. The number of rotatable bonds is 8. The summed E-state index contributed by atoms with van der Waals surface area (Å²) in [7, 11) is 1.37. The lowest BCUT2D eigenvalue weighted by Crippen LogP contribution is -2.13. The zero-order valence-electron chi connectivity index (χ0n) is 15.5. The Kier molecular flexibility index (Phi) is 6.86. The number of primary amides is 1. The molecule has 1 amide bonds. The summed E-state index contributed by atoms with van der Waals surface area (Å²) in [4.78, 5) is 23.9. The van der Waals surface area contributed by atoms with Crippen molar-refractivity contribution in [1.82, 2.24) is 4.57 Å². The van der Waals surface area contributed by atoms with E-state index in [-0.39, 0.29) is 12.4 Å². The first kappa shape index (κ1) is 20.0. The zero-order chi connectivity index (χ0) is 19.3. The summed E-state index contributed by atoms with van der Waals surface area (Å²) in [5.41, 5.74) is 9.35. The summed E-state index contributed by atoms with van der Waals surface area (Å²) < 4.78 is 6.87. The van der Waals surface area contributed by atoms with Crippen molar-refractivity contribution in [2.45, 2.75) is 46.1 Å². The summed E-state index contributed by atoms with van der Waals surface area (Å²) in [6.07, 6.45) is 2.65. The van der Waals surface area contributed by atoms with Crippen LogP contribution in [0, 0.1) is 6.92 Å². The molecule has 0 unspecified atom stereocenters. The molecule has 0 atom stereocenters. The Bertz CT molecular complexity index is 812. The smallest absolute Gasteiger partial charge is 0.305 e. The van der Waals surface area contributed by atoms with Crippen molar-refractivity contribution < 1.29 is 14.3 Å². The number of ether oxygens (including phenoxy) is 1. The number of benzene rings is 1. The summed E-state index contributed by atoms with van der Waals surface area (Å²) in [5.74, 6) is -0.788. The highest BCUT2D eigenvalue weighted by Crippen LogP contribution is 2.37. The van der Waals surface area contributed by atoms with Crippen LogP contribution in [0.2, 0.25) is 5.02 Å². The second kappa shape index (κ2) is 8.90. The van der Waals surface area contributed by atoms with Gasteiger partial charge in [-0.05, 0) is 25.8 Å². The van der Waals surface area contributed by atoms with Crippen LogP contribution < -0.4 is 5.73 Å². The maximum Gasteiger partial charge on any atom is 0.305 e. The third-order valence-corrected chi connectivity index (χ3v) is 4.88. The van der Waals surface area contributed by atoms with Gasteiger partial charge < -0.3 is 15.0 Å². The van der Waals surface area contributed by atoms with Gasteiger partial charge in [-0.3, -0.25) is 9.59 Å². The summed E-state index contributed by atoms with van der Waals surface area (Å²) in [5, 5.41) is 0.543. The second-order valence-electron chi connectivity index (χ2n) is 6.21. The summed E-state index contributed by atoms with van der Waals surface area (Å²) in [6, 6.07) is 7.36. The van der Waals surface area contributed by atoms with E-state index in [1.54, 1.807) is 6.07 Å². The minimum absolute atomic E-state index is 0.224. The van der Waals surface area contributed by atoms with Gasteiger partial charge in [0.2, 0.25) is 0 Å². The average molecular weight is 377 g/mol. The Hall–Kier alpha value is -2.27. The SMILES string of the molecule is CCCCn1c(C)c(C(N)=O)c(-c2ccccc2Cl)c1CCC(=O)OC. The molecule has 26 heavy (non-hydrogen) atoms. The Labute approximate surface area is 159 Å². The Morgan fingerprint density at radius 3 is 2.54 bits per heavy atom. The van der Waals surface area contributed by atoms with Crippen LogP contribution in [0.1, 0.15) is 47.9 Å². The molecule has 5 nitrogen and oxygen atoms in total. The van der Waals surface area contributed by atoms with Gasteiger partial charge in [0.1, 0.15) is 0 Å². The summed E-state index contributed by atoms with van der Waals surface area (Å²) >= 11 is 6.41. The first-order valence-corrected chi connectivity index (χ1v) is 9.13. The second-order valence-corrected chi connectivity index (χ2v) is 6.61. The van der Waals surface area contributed by atoms with Crippen LogP contribution in [0.25, 0.3) is 11.1 Å². The van der Waals surface area contributed by atoms with E-state index in [9.17, 15) is 9.59 Å². The Balaban J connectivity index is 2.70.